The molecule has 1 saturated heterocycles. The first kappa shape index (κ1) is 12.6. The summed E-state index contributed by atoms with van der Waals surface area (Å²) in [6, 6.07) is 1.57. The molecule has 0 unspecified atom stereocenters. The van der Waals surface area contributed by atoms with Gasteiger partial charge in [-0.3, -0.25) is 0 Å². The van der Waals surface area contributed by atoms with E-state index in [1.165, 1.54) is 4.31 Å². The molecule has 17 heavy (non-hydrogen) atoms. The van der Waals surface area contributed by atoms with Gasteiger partial charge in [-0.1, -0.05) is 13.8 Å². The van der Waals surface area contributed by atoms with Crippen LogP contribution in [-0.2, 0) is 17.1 Å². The zero-order valence-electron chi connectivity index (χ0n) is 10.3. The Morgan fingerprint density at radius 1 is 1.41 bits per heavy atom. The summed E-state index contributed by atoms with van der Waals surface area (Å²) in [6.07, 6.45) is 3.27. The van der Waals surface area contributed by atoms with Gasteiger partial charge >= 0.3 is 0 Å². The van der Waals surface area contributed by atoms with Gasteiger partial charge in [-0.25, -0.2) is 8.42 Å². The predicted octanol–water partition coefficient (Wildman–Crippen LogP) is 0.417. The number of β-amino-alcohol motifs (C(OH)–C–C–N with tert-alkyl or cyclic N) is 1. The second-order valence-electron chi connectivity index (χ2n) is 5.04. The lowest BCUT2D eigenvalue weighted by Crippen LogP contribution is -2.65. The van der Waals surface area contributed by atoms with E-state index >= 15 is 0 Å². The van der Waals surface area contributed by atoms with Crippen molar-refractivity contribution in [1.29, 1.82) is 0 Å². The van der Waals surface area contributed by atoms with Crippen LogP contribution in [0.2, 0.25) is 0 Å². The van der Waals surface area contributed by atoms with Crippen molar-refractivity contribution in [2.75, 3.05) is 13.1 Å². The number of nitrogens with zero attached hydrogens (tertiary/aromatic N) is 2. The Balaban J connectivity index is 2.16. The maximum absolute atomic E-state index is 12.1. The number of aryl methyl sites for hydroxylation is 1. The van der Waals surface area contributed by atoms with Gasteiger partial charge in [0, 0.05) is 32.5 Å². The number of aromatic nitrogens is 1. The number of rotatable bonds is 3. The van der Waals surface area contributed by atoms with Crippen LogP contribution in [0.5, 0.6) is 0 Å². The molecule has 1 aliphatic rings. The SMILES string of the molecule is CC(C)C1(O)CN(S(=O)(=O)c2ccn(C)c2)C1. The Morgan fingerprint density at radius 3 is 2.41 bits per heavy atom. The van der Waals surface area contributed by atoms with Gasteiger partial charge in [0.15, 0.2) is 0 Å². The van der Waals surface area contributed by atoms with Crippen LogP contribution in [0, 0.1) is 5.92 Å². The summed E-state index contributed by atoms with van der Waals surface area (Å²) in [5.41, 5.74) is -0.873. The van der Waals surface area contributed by atoms with E-state index in [4.69, 9.17) is 0 Å². The molecule has 0 aromatic carbocycles. The van der Waals surface area contributed by atoms with Gasteiger partial charge in [-0.15, -0.1) is 0 Å². The Labute approximate surface area is 102 Å². The van der Waals surface area contributed by atoms with Gasteiger partial charge in [0.2, 0.25) is 10.0 Å². The summed E-state index contributed by atoms with van der Waals surface area (Å²) < 4.78 is 27.3. The molecule has 0 radical (unpaired) electrons. The zero-order chi connectivity index (χ0) is 12.8. The molecule has 0 amide bonds. The summed E-state index contributed by atoms with van der Waals surface area (Å²) in [6.45, 7) is 4.16. The van der Waals surface area contributed by atoms with Crippen LogP contribution >= 0.6 is 0 Å². The number of aliphatic hydroxyl groups is 1. The molecule has 1 N–H and O–H groups in total. The fourth-order valence-corrected chi connectivity index (χ4v) is 3.50. The highest BCUT2D eigenvalue weighted by Gasteiger charge is 2.49. The third-order valence-electron chi connectivity index (χ3n) is 3.42. The molecule has 2 rings (SSSR count). The van der Waals surface area contributed by atoms with Crippen LogP contribution in [0.25, 0.3) is 0 Å². The van der Waals surface area contributed by atoms with Crippen LogP contribution in [0.1, 0.15) is 13.8 Å². The topological polar surface area (TPSA) is 62.5 Å². The van der Waals surface area contributed by atoms with Gasteiger partial charge in [-0.05, 0) is 12.0 Å². The largest absolute Gasteiger partial charge is 0.387 e. The maximum Gasteiger partial charge on any atom is 0.244 e. The van der Waals surface area contributed by atoms with E-state index < -0.39 is 15.6 Å². The molecule has 1 aromatic rings. The molecule has 96 valence electrons. The van der Waals surface area contributed by atoms with E-state index in [2.05, 4.69) is 0 Å². The quantitative estimate of drug-likeness (QED) is 0.854. The lowest BCUT2D eigenvalue weighted by molar-refractivity contribution is -0.0932. The smallest absolute Gasteiger partial charge is 0.244 e. The molecule has 0 aliphatic carbocycles. The molecule has 1 fully saturated rings. The Bertz CT molecular complexity index is 513. The molecule has 5 nitrogen and oxygen atoms in total. The second kappa shape index (κ2) is 3.83. The maximum atomic E-state index is 12.1. The summed E-state index contributed by atoms with van der Waals surface area (Å²) in [7, 11) is -1.66. The highest BCUT2D eigenvalue weighted by molar-refractivity contribution is 7.89. The lowest BCUT2D eigenvalue weighted by atomic mass is 9.85. The average molecular weight is 258 g/mol. The molecule has 0 saturated carbocycles. The molecule has 1 aliphatic heterocycles. The second-order valence-corrected chi connectivity index (χ2v) is 6.98. The van der Waals surface area contributed by atoms with E-state index in [9.17, 15) is 13.5 Å². The van der Waals surface area contributed by atoms with Crippen LogP contribution < -0.4 is 0 Å². The Morgan fingerprint density at radius 2 is 2.00 bits per heavy atom. The number of sulfonamides is 1. The minimum atomic E-state index is -3.43. The van der Waals surface area contributed by atoms with Crippen LogP contribution in [0.3, 0.4) is 0 Å². The monoisotopic (exact) mass is 258 g/mol. The van der Waals surface area contributed by atoms with Crippen molar-refractivity contribution in [3.8, 4) is 0 Å². The van der Waals surface area contributed by atoms with Crippen molar-refractivity contribution in [2.45, 2.75) is 24.3 Å². The van der Waals surface area contributed by atoms with E-state index in [0.29, 0.717) is 0 Å². The zero-order valence-corrected chi connectivity index (χ0v) is 11.1. The van der Waals surface area contributed by atoms with Crippen molar-refractivity contribution in [3.05, 3.63) is 18.5 Å². The lowest BCUT2D eigenvalue weighted by Gasteiger charge is -2.47. The Kier molecular flexibility index (Phi) is 2.84. The van der Waals surface area contributed by atoms with E-state index in [1.54, 1.807) is 30.1 Å². The van der Waals surface area contributed by atoms with Gasteiger partial charge in [-0.2, -0.15) is 4.31 Å². The number of hydrogen-bond acceptors (Lipinski definition) is 3. The van der Waals surface area contributed by atoms with Crippen molar-refractivity contribution >= 4 is 10.0 Å². The van der Waals surface area contributed by atoms with Gasteiger partial charge in [0.05, 0.1) is 10.5 Å². The normalized spacial score (nSPS) is 20.5. The van der Waals surface area contributed by atoms with Crippen molar-refractivity contribution in [1.82, 2.24) is 8.87 Å². The molecule has 0 bridgehead atoms. The first-order valence-electron chi connectivity index (χ1n) is 5.60. The summed E-state index contributed by atoms with van der Waals surface area (Å²) >= 11 is 0. The van der Waals surface area contributed by atoms with Gasteiger partial charge in [0.25, 0.3) is 0 Å². The summed E-state index contributed by atoms with van der Waals surface area (Å²) in [5.74, 6) is 0.0599. The molecule has 1 aromatic heterocycles. The summed E-state index contributed by atoms with van der Waals surface area (Å²) in [4.78, 5) is 0.283. The standard InChI is InChI=1S/C11H18N2O3S/c1-9(2)11(14)7-13(8-11)17(15,16)10-4-5-12(3)6-10/h4-6,9,14H,7-8H2,1-3H3. The van der Waals surface area contributed by atoms with Crippen LogP contribution in [0.4, 0.5) is 0 Å². The molecule has 0 spiro atoms. The fourth-order valence-electron chi connectivity index (χ4n) is 1.88. The van der Waals surface area contributed by atoms with Crippen molar-refractivity contribution < 1.29 is 13.5 Å². The molecule has 6 heteroatoms. The first-order valence-corrected chi connectivity index (χ1v) is 7.04. The highest BCUT2D eigenvalue weighted by atomic mass is 32.2. The minimum absolute atomic E-state index is 0.0599. The fraction of sp³-hybridized carbons (Fsp3) is 0.636. The summed E-state index contributed by atoms with van der Waals surface area (Å²) in [5, 5.41) is 10.1. The molecular formula is C11H18N2O3S. The van der Waals surface area contributed by atoms with Gasteiger partial charge in [0.1, 0.15) is 0 Å². The predicted molar refractivity (Wildman–Crippen MR) is 64.0 cm³/mol. The third kappa shape index (κ3) is 2.00. The highest BCUT2D eigenvalue weighted by Crippen LogP contribution is 2.33. The molecular weight excluding hydrogens is 240 g/mol. The molecule has 2 heterocycles. The first-order chi connectivity index (χ1) is 7.75. The van der Waals surface area contributed by atoms with Crippen molar-refractivity contribution in [2.24, 2.45) is 13.0 Å². The van der Waals surface area contributed by atoms with E-state index in [0.717, 1.165) is 0 Å². The van der Waals surface area contributed by atoms with E-state index in [1.807, 2.05) is 13.8 Å². The number of hydrogen-bond donors (Lipinski definition) is 1. The van der Waals surface area contributed by atoms with Crippen molar-refractivity contribution in [3.63, 3.8) is 0 Å². The molecule has 0 atom stereocenters. The van der Waals surface area contributed by atoms with E-state index in [-0.39, 0.29) is 23.9 Å². The Hall–Kier alpha value is -0.850. The average Bonchev–Trinajstić information content (AvgIpc) is 2.60. The third-order valence-corrected chi connectivity index (χ3v) is 5.19. The van der Waals surface area contributed by atoms with Gasteiger partial charge < -0.3 is 9.67 Å². The van der Waals surface area contributed by atoms with Crippen LogP contribution in [0.15, 0.2) is 23.4 Å². The van der Waals surface area contributed by atoms with Crippen LogP contribution in [-0.4, -0.2) is 41.1 Å². The minimum Gasteiger partial charge on any atom is -0.387 e.